The zero-order valence-corrected chi connectivity index (χ0v) is 10.5. The summed E-state index contributed by atoms with van der Waals surface area (Å²) in [5.74, 6) is -1.68. The first-order valence-corrected chi connectivity index (χ1v) is 5.88. The molecule has 0 aromatic heterocycles. The maximum Gasteiger partial charge on any atom is 0.322 e. The predicted octanol–water partition coefficient (Wildman–Crippen LogP) is 1.98. The van der Waals surface area contributed by atoms with E-state index in [1.165, 1.54) is 19.6 Å². The first-order chi connectivity index (χ1) is 8.49. The van der Waals surface area contributed by atoms with Crippen LogP contribution in [0.1, 0.15) is 30.4 Å². The van der Waals surface area contributed by atoms with Gasteiger partial charge in [-0.15, -0.1) is 0 Å². The summed E-state index contributed by atoms with van der Waals surface area (Å²) in [6.45, 7) is 1.43. The summed E-state index contributed by atoms with van der Waals surface area (Å²) < 4.78 is 4.61. The van der Waals surface area contributed by atoms with E-state index >= 15 is 0 Å². The molecule has 1 N–H and O–H groups in total. The summed E-state index contributed by atoms with van der Waals surface area (Å²) in [6, 6.07) is 7.91. The quantitative estimate of drug-likeness (QED) is 0.653. The molecule has 1 aromatic carbocycles. The smallest absolute Gasteiger partial charge is 0.322 e. The Morgan fingerprint density at radius 2 is 2.11 bits per heavy atom. The molecule has 0 fully saturated rings. The summed E-state index contributed by atoms with van der Waals surface area (Å²) in [5.41, 5.74) is 0.918. The second-order valence-electron chi connectivity index (χ2n) is 4.93. The number of carboxylic acids is 1. The molecule has 0 amide bonds. The van der Waals surface area contributed by atoms with Crippen LogP contribution >= 0.6 is 0 Å². The maximum absolute atomic E-state index is 11.7. The highest BCUT2D eigenvalue weighted by Crippen LogP contribution is 2.43. The molecule has 2 unspecified atom stereocenters. The first kappa shape index (κ1) is 12.6. The predicted molar refractivity (Wildman–Crippen MR) is 65.3 cm³/mol. The van der Waals surface area contributed by atoms with Crippen LogP contribution in [0.3, 0.4) is 0 Å². The van der Waals surface area contributed by atoms with Crippen LogP contribution in [-0.2, 0) is 20.7 Å². The second kappa shape index (κ2) is 4.44. The van der Waals surface area contributed by atoms with Crippen molar-refractivity contribution in [2.75, 3.05) is 7.11 Å². The average molecular weight is 248 g/mol. The highest BCUT2D eigenvalue weighted by atomic mass is 16.5. The zero-order valence-electron chi connectivity index (χ0n) is 10.5. The number of fused-ring (bicyclic) bond motifs is 1. The Bertz CT molecular complexity index is 494. The van der Waals surface area contributed by atoms with Gasteiger partial charge in [-0.1, -0.05) is 24.3 Å². The minimum atomic E-state index is -1.47. The number of hydrogen-bond acceptors (Lipinski definition) is 3. The van der Waals surface area contributed by atoms with Gasteiger partial charge in [0.15, 0.2) is 5.41 Å². The van der Waals surface area contributed by atoms with E-state index in [2.05, 4.69) is 4.74 Å². The first-order valence-electron chi connectivity index (χ1n) is 5.88. The van der Waals surface area contributed by atoms with Gasteiger partial charge in [0.1, 0.15) is 0 Å². The molecule has 1 aromatic rings. The molecule has 0 aliphatic heterocycles. The lowest BCUT2D eigenvalue weighted by Gasteiger charge is -2.34. The van der Waals surface area contributed by atoms with Crippen LogP contribution in [0.2, 0.25) is 0 Å². The van der Waals surface area contributed by atoms with Crippen LogP contribution in [0.4, 0.5) is 0 Å². The molecular formula is C14H16O4. The van der Waals surface area contributed by atoms with Crippen LogP contribution in [0.25, 0.3) is 0 Å². The Balaban J connectivity index is 2.18. The van der Waals surface area contributed by atoms with Crippen LogP contribution in [0.15, 0.2) is 24.3 Å². The number of carbonyl (C=O) groups excluding carboxylic acids is 1. The molecular weight excluding hydrogens is 232 g/mol. The Morgan fingerprint density at radius 3 is 2.67 bits per heavy atom. The number of aliphatic carboxylic acids is 1. The van der Waals surface area contributed by atoms with Crippen molar-refractivity contribution in [3.05, 3.63) is 35.4 Å². The molecule has 0 saturated heterocycles. The lowest BCUT2D eigenvalue weighted by atomic mass is 9.69. The van der Waals surface area contributed by atoms with E-state index in [1.54, 1.807) is 0 Å². The van der Waals surface area contributed by atoms with Gasteiger partial charge < -0.3 is 9.84 Å². The van der Waals surface area contributed by atoms with Gasteiger partial charge in [0, 0.05) is 0 Å². The molecule has 0 bridgehead atoms. The Labute approximate surface area is 106 Å². The largest absolute Gasteiger partial charge is 0.480 e. The molecule has 1 aliphatic carbocycles. The number of benzene rings is 1. The number of esters is 1. The van der Waals surface area contributed by atoms with Crippen molar-refractivity contribution in [1.82, 2.24) is 0 Å². The summed E-state index contributed by atoms with van der Waals surface area (Å²) >= 11 is 0. The number of methoxy groups -OCH3 is 1. The summed E-state index contributed by atoms with van der Waals surface area (Å²) in [7, 11) is 1.22. The minimum Gasteiger partial charge on any atom is -0.480 e. The van der Waals surface area contributed by atoms with Crippen LogP contribution < -0.4 is 0 Å². The molecule has 2 rings (SSSR count). The van der Waals surface area contributed by atoms with Gasteiger partial charge in [-0.05, 0) is 36.8 Å². The molecule has 18 heavy (non-hydrogen) atoms. The third-order valence-electron chi connectivity index (χ3n) is 3.72. The van der Waals surface area contributed by atoms with Gasteiger partial charge in [-0.3, -0.25) is 9.59 Å². The second-order valence-corrected chi connectivity index (χ2v) is 4.93. The molecule has 0 heterocycles. The van der Waals surface area contributed by atoms with Crippen molar-refractivity contribution in [3.63, 3.8) is 0 Å². The van der Waals surface area contributed by atoms with E-state index in [4.69, 9.17) is 0 Å². The number of carbonyl (C=O) groups is 2. The Hall–Kier alpha value is -1.84. The van der Waals surface area contributed by atoms with Crippen LogP contribution in [0.5, 0.6) is 0 Å². The molecule has 0 spiro atoms. The van der Waals surface area contributed by atoms with E-state index in [0.717, 1.165) is 12.0 Å². The van der Waals surface area contributed by atoms with Gasteiger partial charge in [-0.2, -0.15) is 0 Å². The summed E-state index contributed by atoms with van der Waals surface area (Å²) in [5, 5.41) is 9.25. The Morgan fingerprint density at radius 1 is 1.44 bits per heavy atom. The van der Waals surface area contributed by atoms with Crippen LogP contribution in [0, 0.1) is 5.41 Å². The summed E-state index contributed by atoms with van der Waals surface area (Å²) in [6.07, 6.45) is 1.11. The van der Waals surface area contributed by atoms with Gasteiger partial charge in [0.2, 0.25) is 0 Å². The topological polar surface area (TPSA) is 63.6 Å². The summed E-state index contributed by atoms with van der Waals surface area (Å²) in [4.78, 5) is 23.0. The van der Waals surface area contributed by atoms with Gasteiger partial charge in [0.05, 0.1) is 7.11 Å². The molecule has 4 heteroatoms. The van der Waals surface area contributed by atoms with E-state index in [1.807, 2.05) is 24.3 Å². The fourth-order valence-corrected chi connectivity index (χ4v) is 2.52. The van der Waals surface area contributed by atoms with Crippen molar-refractivity contribution in [3.8, 4) is 0 Å². The van der Waals surface area contributed by atoms with Crippen molar-refractivity contribution in [2.24, 2.45) is 5.41 Å². The average Bonchev–Trinajstić information content (AvgIpc) is 2.34. The molecule has 4 nitrogen and oxygen atoms in total. The third-order valence-corrected chi connectivity index (χ3v) is 3.72. The number of rotatable bonds is 4. The molecule has 0 saturated carbocycles. The standard InChI is InChI=1S/C14H16O4/c1-14(12(15)16,13(17)18-2)8-10-7-9-5-3-4-6-11(9)10/h3-6,10H,7-8H2,1-2H3,(H,15,16). The van der Waals surface area contributed by atoms with E-state index in [9.17, 15) is 14.7 Å². The molecule has 2 atom stereocenters. The normalized spacial score (nSPS) is 20.2. The minimum absolute atomic E-state index is 0.126. The van der Waals surface area contributed by atoms with Crippen LogP contribution in [-0.4, -0.2) is 24.2 Å². The van der Waals surface area contributed by atoms with Crippen molar-refractivity contribution < 1.29 is 19.4 Å². The maximum atomic E-state index is 11.7. The fourth-order valence-electron chi connectivity index (χ4n) is 2.52. The van der Waals surface area contributed by atoms with E-state index in [-0.39, 0.29) is 12.3 Å². The molecule has 0 radical (unpaired) electrons. The lowest BCUT2D eigenvalue weighted by Crippen LogP contribution is -2.40. The number of ether oxygens (including phenoxy) is 1. The van der Waals surface area contributed by atoms with Gasteiger partial charge >= 0.3 is 11.9 Å². The van der Waals surface area contributed by atoms with E-state index in [0.29, 0.717) is 0 Å². The lowest BCUT2D eigenvalue weighted by molar-refractivity contribution is -0.166. The number of carboxylic acid groups (broad SMARTS) is 1. The number of hydrogen-bond donors (Lipinski definition) is 1. The van der Waals surface area contributed by atoms with E-state index < -0.39 is 17.4 Å². The Kier molecular flexibility index (Phi) is 3.11. The third kappa shape index (κ3) is 1.88. The fraction of sp³-hybridized carbons (Fsp3) is 0.429. The molecule has 1 aliphatic rings. The van der Waals surface area contributed by atoms with Gasteiger partial charge in [0.25, 0.3) is 0 Å². The van der Waals surface area contributed by atoms with Crippen molar-refractivity contribution in [1.29, 1.82) is 0 Å². The van der Waals surface area contributed by atoms with Crippen molar-refractivity contribution >= 4 is 11.9 Å². The zero-order chi connectivity index (χ0) is 13.3. The highest BCUT2D eigenvalue weighted by Gasteiger charge is 2.46. The van der Waals surface area contributed by atoms with Gasteiger partial charge in [-0.25, -0.2) is 0 Å². The highest BCUT2D eigenvalue weighted by molar-refractivity contribution is 5.98. The molecule has 96 valence electrons. The monoisotopic (exact) mass is 248 g/mol. The van der Waals surface area contributed by atoms with Crippen molar-refractivity contribution in [2.45, 2.75) is 25.7 Å². The SMILES string of the molecule is COC(=O)C(C)(CC1Cc2ccccc21)C(=O)O.